The second-order valence-electron chi connectivity index (χ2n) is 4.67. The Kier molecular flexibility index (Phi) is 3.80. The molecule has 1 aliphatic rings. The van der Waals surface area contributed by atoms with Gasteiger partial charge in [0.05, 0.1) is 9.37 Å². The molecule has 0 spiro atoms. The zero-order valence-electron chi connectivity index (χ0n) is 10.0. The molecule has 0 amide bonds. The molecule has 6 heteroatoms. The van der Waals surface area contributed by atoms with Crippen LogP contribution in [0.1, 0.15) is 32.6 Å². The minimum atomic E-state index is -3.64. The van der Waals surface area contributed by atoms with Crippen molar-refractivity contribution in [2.45, 2.75) is 43.0 Å². The Morgan fingerprint density at radius 3 is 2.56 bits per heavy atom. The smallest absolute Gasteiger partial charge is 0.207 e. The van der Waals surface area contributed by atoms with E-state index in [1.807, 2.05) is 6.92 Å². The molecule has 1 N–H and O–H groups in total. The lowest BCUT2D eigenvalue weighted by molar-refractivity contribution is 0.214. The van der Waals surface area contributed by atoms with Crippen LogP contribution in [0.25, 0.3) is 0 Å². The third-order valence-corrected chi connectivity index (χ3v) is 5.76. The van der Waals surface area contributed by atoms with Crippen LogP contribution in [0.15, 0.2) is 27.6 Å². The summed E-state index contributed by atoms with van der Waals surface area (Å²) < 4.78 is 40.7. The van der Waals surface area contributed by atoms with Crippen molar-refractivity contribution in [3.8, 4) is 0 Å². The summed E-state index contributed by atoms with van der Waals surface area (Å²) in [5.74, 6) is -0.572. The van der Waals surface area contributed by atoms with Gasteiger partial charge in [-0.2, -0.15) is 0 Å². The van der Waals surface area contributed by atoms with E-state index >= 15 is 0 Å². The molecule has 3 nitrogen and oxygen atoms in total. The van der Waals surface area contributed by atoms with Crippen molar-refractivity contribution in [3.05, 3.63) is 28.5 Å². The first-order valence-electron chi connectivity index (χ1n) is 5.88. The van der Waals surface area contributed by atoms with Gasteiger partial charge in [-0.15, -0.1) is 0 Å². The Morgan fingerprint density at radius 2 is 2.11 bits per heavy atom. The fraction of sp³-hybridized carbons (Fsp3) is 0.500. The van der Waals surface area contributed by atoms with E-state index in [1.54, 1.807) is 0 Å². The van der Waals surface area contributed by atoms with E-state index < -0.39 is 15.8 Å². The summed E-state index contributed by atoms with van der Waals surface area (Å²) in [4.78, 5) is -0.0251. The molecular formula is C12H15BrFNO2S. The molecule has 0 radical (unpaired) electrons. The van der Waals surface area contributed by atoms with E-state index in [2.05, 4.69) is 20.7 Å². The molecule has 1 aromatic carbocycles. The van der Waals surface area contributed by atoms with Crippen molar-refractivity contribution < 1.29 is 12.8 Å². The van der Waals surface area contributed by atoms with Crippen LogP contribution >= 0.6 is 15.9 Å². The average Bonchev–Trinajstić information content (AvgIpc) is 2.27. The Morgan fingerprint density at radius 1 is 1.44 bits per heavy atom. The van der Waals surface area contributed by atoms with E-state index in [9.17, 15) is 12.8 Å². The third kappa shape index (κ3) is 2.60. The van der Waals surface area contributed by atoms with Crippen molar-refractivity contribution in [2.24, 2.45) is 0 Å². The summed E-state index contributed by atoms with van der Waals surface area (Å²) in [7, 11) is -3.64. The fourth-order valence-corrected chi connectivity index (χ4v) is 3.91. The van der Waals surface area contributed by atoms with Gasteiger partial charge in [0.1, 0.15) is 5.82 Å². The van der Waals surface area contributed by atoms with E-state index in [0.29, 0.717) is 0 Å². The Hall–Kier alpha value is -0.460. The number of nitrogens with one attached hydrogen (secondary N) is 1. The zero-order valence-corrected chi connectivity index (χ0v) is 12.4. The summed E-state index contributed by atoms with van der Waals surface area (Å²) in [5.41, 5.74) is -0.331. The summed E-state index contributed by atoms with van der Waals surface area (Å²) in [5, 5.41) is 0. The number of rotatable bonds is 4. The molecule has 100 valence electrons. The van der Waals surface area contributed by atoms with Crippen molar-refractivity contribution >= 4 is 26.0 Å². The second-order valence-corrected chi connectivity index (χ2v) is 7.21. The number of hydrogen-bond donors (Lipinski definition) is 1. The van der Waals surface area contributed by atoms with Crippen LogP contribution in [-0.4, -0.2) is 14.0 Å². The minimum absolute atomic E-state index is 0.0251. The maximum atomic E-state index is 13.4. The molecule has 0 heterocycles. The SMILES string of the molecule is CCC1(NS(=O)(=O)c2ccc(Br)c(F)c2)CCC1. The van der Waals surface area contributed by atoms with Gasteiger partial charge in [-0.25, -0.2) is 17.5 Å². The van der Waals surface area contributed by atoms with E-state index in [4.69, 9.17) is 0 Å². The van der Waals surface area contributed by atoms with Crippen LogP contribution in [0.3, 0.4) is 0 Å². The van der Waals surface area contributed by atoms with Crippen LogP contribution in [0.2, 0.25) is 0 Å². The molecule has 0 unspecified atom stereocenters. The molecule has 0 aliphatic heterocycles. The third-order valence-electron chi connectivity index (χ3n) is 3.54. The van der Waals surface area contributed by atoms with Gasteiger partial charge in [-0.1, -0.05) is 6.92 Å². The molecule has 0 bridgehead atoms. The van der Waals surface area contributed by atoms with Gasteiger partial charge >= 0.3 is 0 Å². The van der Waals surface area contributed by atoms with Crippen LogP contribution in [0.5, 0.6) is 0 Å². The van der Waals surface area contributed by atoms with Crippen LogP contribution < -0.4 is 4.72 Å². The molecule has 1 aromatic rings. The maximum Gasteiger partial charge on any atom is 0.241 e. The number of sulfonamides is 1. The molecule has 18 heavy (non-hydrogen) atoms. The van der Waals surface area contributed by atoms with Gasteiger partial charge in [0, 0.05) is 5.54 Å². The van der Waals surface area contributed by atoms with Crippen LogP contribution in [0, 0.1) is 5.82 Å². The van der Waals surface area contributed by atoms with Crippen LogP contribution in [0.4, 0.5) is 4.39 Å². The number of benzene rings is 1. The summed E-state index contributed by atoms with van der Waals surface area (Å²) in [6, 6.07) is 3.84. The van der Waals surface area contributed by atoms with Crippen molar-refractivity contribution in [1.29, 1.82) is 0 Å². The van der Waals surface area contributed by atoms with Gasteiger partial charge in [-0.05, 0) is 59.8 Å². The molecule has 1 saturated carbocycles. The first-order chi connectivity index (χ1) is 8.38. The number of hydrogen-bond acceptors (Lipinski definition) is 2. The average molecular weight is 336 g/mol. The zero-order chi connectivity index (χ0) is 13.4. The van der Waals surface area contributed by atoms with Gasteiger partial charge in [-0.3, -0.25) is 0 Å². The lowest BCUT2D eigenvalue weighted by atomic mass is 9.76. The highest BCUT2D eigenvalue weighted by Crippen LogP contribution is 2.36. The number of halogens is 2. The minimum Gasteiger partial charge on any atom is -0.207 e. The van der Waals surface area contributed by atoms with Gasteiger partial charge in [0.25, 0.3) is 0 Å². The largest absolute Gasteiger partial charge is 0.241 e. The highest BCUT2D eigenvalue weighted by atomic mass is 79.9. The summed E-state index contributed by atoms with van der Waals surface area (Å²) in [6.45, 7) is 1.96. The predicted octanol–water partition coefficient (Wildman–Crippen LogP) is 3.20. The molecule has 1 fully saturated rings. The van der Waals surface area contributed by atoms with Crippen molar-refractivity contribution in [2.75, 3.05) is 0 Å². The first kappa shape index (κ1) is 14.0. The predicted molar refractivity (Wildman–Crippen MR) is 71.3 cm³/mol. The monoisotopic (exact) mass is 335 g/mol. The lowest BCUT2D eigenvalue weighted by Gasteiger charge is -2.41. The van der Waals surface area contributed by atoms with Gasteiger partial charge in [0.2, 0.25) is 10.0 Å². The molecule has 2 rings (SSSR count). The van der Waals surface area contributed by atoms with E-state index in [0.717, 1.165) is 31.7 Å². The van der Waals surface area contributed by atoms with Gasteiger partial charge < -0.3 is 0 Å². The lowest BCUT2D eigenvalue weighted by Crippen LogP contribution is -2.52. The van der Waals surface area contributed by atoms with Crippen molar-refractivity contribution in [3.63, 3.8) is 0 Å². The highest BCUT2D eigenvalue weighted by molar-refractivity contribution is 9.10. The van der Waals surface area contributed by atoms with Crippen LogP contribution in [-0.2, 0) is 10.0 Å². The first-order valence-corrected chi connectivity index (χ1v) is 8.15. The molecular weight excluding hydrogens is 321 g/mol. The maximum absolute atomic E-state index is 13.4. The highest BCUT2D eigenvalue weighted by Gasteiger charge is 2.39. The molecule has 0 aromatic heterocycles. The topological polar surface area (TPSA) is 46.2 Å². The summed E-state index contributed by atoms with van der Waals surface area (Å²) >= 11 is 3.01. The second kappa shape index (κ2) is 4.90. The molecule has 0 saturated heterocycles. The summed E-state index contributed by atoms with van der Waals surface area (Å²) in [6.07, 6.45) is 3.49. The van der Waals surface area contributed by atoms with Gasteiger partial charge in [0.15, 0.2) is 0 Å². The Bertz CT molecular complexity index is 550. The fourth-order valence-electron chi connectivity index (χ4n) is 2.12. The Balaban J connectivity index is 2.28. The Labute approximate surface area is 115 Å². The van der Waals surface area contributed by atoms with E-state index in [1.165, 1.54) is 12.1 Å². The van der Waals surface area contributed by atoms with Crippen molar-refractivity contribution in [1.82, 2.24) is 4.72 Å². The standard InChI is InChI=1S/C12H15BrFNO2S/c1-2-12(6-3-7-12)15-18(16,17)9-4-5-10(13)11(14)8-9/h4-5,8,15H,2-3,6-7H2,1H3. The normalized spacial score (nSPS) is 18.4. The molecule has 1 aliphatic carbocycles. The quantitative estimate of drug-likeness (QED) is 0.918. The molecule has 0 atom stereocenters. The van der Waals surface area contributed by atoms with E-state index in [-0.39, 0.29) is 14.9 Å².